The Labute approximate surface area is 138 Å². The number of nitrogens with zero attached hydrogens (tertiary/aromatic N) is 1. The molecule has 2 aliphatic rings. The van der Waals surface area contributed by atoms with Crippen LogP contribution < -0.4 is 0 Å². The second kappa shape index (κ2) is 6.10. The lowest BCUT2D eigenvalue weighted by Crippen LogP contribution is -2.31. The number of fused-ring (bicyclic) bond motifs is 1. The highest BCUT2D eigenvalue weighted by Crippen LogP contribution is 2.41. The maximum Gasteiger partial charge on any atom is 0.115 e. The van der Waals surface area contributed by atoms with Crippen molar-refractivity contribution in [2.24, 2.45) is 5.92 Å². The molecule has 0 radical (unpaired) electrons. The van der Waals surface area contributed by atoms with Crippen molar-refractivity contribution in [2.75, 3.05) is 13.1 Å². The summed E-state index contributed by atoms with van der Waals surface area (Å²) in [7, 11) is 0. The Bertz CT molecular complexity index is 588. The molecule has 2 fully saturated rings. The molecule has 0 aromatic heterocycles. The van der Waals surface area contributed by atoms with Crippen molar-refractivity contribution >= 4 is 0 Å². The molecule has 0 unspecified atom stereocenters. The molecule has 2 heteroatoms. The molecule has 23 heavy (non-hydrogen) atoms. The summed E-state index contributed by atoms with van der Waals surface area (Å²) in [5.74, 6) is 0.575. The van der Waals surface area contributed by atoms with Crippen LogP contribution in [0.3, 0.4) is 0 Å². The Morgan fingerprint density at radius 1 is 0.957 bits per heavy atom. The Hall–Kier alpha value is -1.64. The van der Waals surface area contributed by atoms with Gasteiger partial charge in [-0.3, -0.25) is 0 Å². The second-order valence-electron chi connectivity index (χ2n) is 7.19. The van der Waals surface area contributed by atoms with E-state index in [9.17, 15) is 5.11 Å². The zero-order chi connectivity index (χ0) is 15.7. The normalized spacial score (nSPS) is 24.7. The van der Waals surface area contributed by atoms with Crippen molar-refractivity contribution in [3.8, 4) is 0 Å². The molecule has 2 heterocycles. The SMILES string of the molecule is OC(C[C@@H]1C[C@H]2CCCN2C1)(c1ccccc1)c1ccccc1. The van der Waals surface area contributed by atoms with Gasteiger partial charge >= 0.3 is 0 Å². The van der Waals surface area contributed by atoms with Gasteiger partial charge < -0.3 is 10.0 Å². The van der Waals surface area contributed by atoms with Crippen LogP contribution in [0.15, 0.2) is 60.7 Å². The molecule has 0 aliphatic carbocycles. The van der Waals surface area contributed by atoms with E-state index < -0.39 is 5.60 Å². The predicted molar refractivity (Wildman–Crippen MR) is 93.2 cm³/mol. The van der Waals surface area contributed by atoms with Gasteiger partial charge in [-0.2, -0.15) is 0 Å². The number of rotatable bonds is 4. The third kappa shape index (κ3) is 2.82. The fourth-order valence-electron chi connectivity index (χ4n) is 4.59. The van der Waals surface area contributed by atoms with E-state index in [1.165, 1.54) is 25.8 Å². The van der Waals surface area contributed by atoms with Gasteiger partial charge in [-0.25, -0.2) is 0 Å². The number of hydrogen-bond donors (Lipinski definition) is 1. The standard InChI is InChI=1S/C21H25NO/c23-21(18-8-3-1-4-9-18,19-10-5-2-6-11-19)15-17-14-20-12-7-13-22(20)16-17/h1-6,8-11,17,20,23H,7,12-16H2/t17-,20+/m0/s1. The summed E-state index contributed by atoms with van der Waals surface area (Å²) in [5.41, 5.74) is 1.14. The van der Waals surface area contributed by atoms with Crippen LogP contribution in [0.1, 0.15) is 36.8 Å². The first-order valence-corrected chi connectivity index (χ1v) is 8.83. The molecule has 0 amide bonds. The van der Waals surface area contributed by atoms with Crippen LogP contribution in [0.25, 0.3) is 0 Å². The molecular formula is C21H25NO. The van der Waals surface area contributed by atoms with Crippen LogP contribution in [0.2, 0.25) is 0 Å². The van der Waals surface area contributed by atoms with E-state index in [-0.39, 0.29) is 0 Å². The molecule has 0 bridgehead atoms. The largest absolute Gasteiger partial charge is 0.380 e. The minimum absolute atomic E-state index is 0.575. The van der Waals surface area contributed by atoms with Gasteiger partial charge in [-0.1, -0.05) is 60.7 Å². The average Bonchev–Trinajstić information content (AvgIpc) is 3.18. The first-order valence-electron chi connectivity index (χ1n) is 8.83. The Morgan fingerprint density at radius 3 is 2.13 bits per heavy atom. The molecule has 0 saturated carbocycles. The predicted octanol–water partition coefficient (Wildman–Crippen LogP) is 3.80. The minimum atomic E-state index is -0.882. The van der Waals surface area contributed by atoms with E-state index in [4.69, 9.17) is 0 Å². The summed E-state index contributed by atoms with van der Waals surface area (Å²) in [6.07, 6.45) is 4.74. The average molecular weight is 307 g/mol. The fraction of sp³-hybridized carbons (Fsp3) is 0.429. The lowest BCUT2D eigenvalue weighted by Gasteiger charge is -2.32. The summed E-state index contributed by atoms with van der Waals surface area (Å²) in [5, 5.41) is 11.7. The van der Waals surface area contributed by atoms with Crippen LogP contribution in [-0.4, -0.2) is 29.1 Å². The summed E-state index contributed by atoms with van der Waals surface area (Å²) in [6.45, 7) is 2.39. The van der Waals surface area contributed by atoms with Gasteiger partial charge in [0.25, 0.3) is 0 Å². The van der Waals surface area contributed by atoms with Gasteiger partial charge in [-0.05, 0) is 49.3 Å². The third-order valence-electron chi connectivity index (χ3n) is 5.68. The van der Waals surface area contributed by atoms with Gasteiger partial charge in [0.15, 0.2) is 0 Å². The molecule has 120 valence electrons. The Balaban J connectivity index is 1.64. The number of hydrogen-bond acceptors (Lipinski definition) is 2. The highest BCUT2D eigenvalue weighted by atomic mass is 16.3. The van der Waals surface area contributed by atoms with E-state index >= 15 is 0 Å². The molecular weight excluding hydrogens is 282 g/mol. The number of aliphatic hydroxyl groups is 1. The molecule has 0 spiro atoms. The van der Waals surface area contributed by atoms with Crippen molar-refractivity contribution in [1.29, 1.82) is 0 Å². The lowest BCUT2D eigenvalue weighted by molar-refractivity contribution is 0.0531. The Morgan fingerprint density at radius 2 is 1.57 bits per heavy atom. The summed E-state index contributed by atoms with van der Waals surface area (Å²) < 4.78 is 0. The van der Waals surface area contributed by atoms with Crippen molar-refractivity contribution < 1.29 is 5.11 Å². The maximum absolute atomic E-state index is 11.7. The smallest absolute Gasteiger partial charge is 0.115 e. The van der Waals surface area contributed by atoms with Crippen LogP contribution in [0.4, 0.5) is 0 Å². The molecule has 1 N–H and O–H groups in total. The monoisotopic (exact) mass is 307 g/mol. The first kappa shape index (κ1) is 14.9. The number of benzene rings is 2. The van der Waals surface area contributed by atoms with Crippen LogP contribution in [-0.2, 0) is 5.60 Å². The molecule has 2 aromatic carbocycles. The van der Waals surface area contributed by atoms with Gasteiger partial charge in [0.1, 0.15) is 5.60 Å². The zero-order valence-electron chi connectivity index (χ0n) is 13.6. The van der Waals surface area contributed by atoms with Gasteiger partial charge in [0.2, 0.25) is 0 Å². The van der Waals surface area contributed by atoms with Crippen LogP contribution >= 0.6 is 0 Å². The van der Waals surface area contributed by atoms with Crippen molar-refractivity contribution in [3.05, 3.63) is 71.8 Å². The second-order valence-corrected chi connectivity index (χ2v) is 7.19. The topological polar surface area (TPSA) is 23.5 Å². The highest BCUT2D eigenvalue weighted by Gasteiger charge is 2.41. The summed E-state index contributed by atoms with van der Waals surface area (Å²) >= 11 is 0. The maximum atomic E-state index is 11.7. The molecule has 2 saturated heterocycles. The molecule has 2 atom stereocenters. The molecule has 2 nitrogen and oxygen atoms in total. The van der Waals surface area contributed by atoms with Crippen LogP contribution in [0.5, 0.6) is 0 Å². The van der Waals surface area contributed by atoms with Crippen molar-refractivity contribution in [3.63, 3.8) is 0 Å². The van der Waals surface area contributed by atoms with Gasteiger partial charge in [-0.15, -0.1) is 0 Å². The molecule has 2 aromatic rings. The molecule has 2 aliphatic heterocycles. The lowest BCUT2D eigenvalue weighted by atomic mass is 9.78. The third-order valence-corrected chi connectivity index (χ3v) is 5.68. The minimum Gasteiger partial charge on any atom is -0.380 e. The summed E-state index contributed by atoms with van der Waals surface area (Å²) in [4.78, 5) is 2.63. The summed E-state index contributed by atoms with van der Waals surface area (Å²) in [6, 6.07) is 21.1. The Kier molecular flexibility index (Phi) is 3.96. The van der Waals surface area contributed by atoms with Crippen molar-refractivity contribution in [2.45, 2.75) is 37.3 Å². The highest BCUT2D eigenvalue weighted by molar-refractivity contribution is 5.36. The molecule has 4 rings (SSSR count). The van der Waals surface area contributed by atoms with Crippen LogP contribution in [0, 0.1) is 5.92 Å². The zero-order valence-corrected chi connectivity index (χ0v) is 13.6. The van der Waals surface area contributed by atoms with E-state index in [2.05, 4.69) is 29.2 Å². The first-order chi connectivity index (χ1) is 11.3. The quantitative estimate of drug-likeness (QED) is 0.929. The fourth-order valence-corrected chi connectivity index (χ4v) is 4.59. The van der Waals surface area contributed by atoms with Gasteiger partial charge in [0, 0.05) is 12.6 Å². The van der Waals surface area contributed by atoms with Crippen molar-refractivity contribution in [1.82, 2.24) is 4.90 Å². The van der Waals surface area contributed by atoms with E-state index in [0.717, 1.165) is 30.1 Å². The van der Waals surface area contributed by atoms with E-state index in [1.54, 1.807) is 0 Å². The van der Waals surface area contributed by atoms with Gasteiger partial charge in [0.05, 0.1) is 0 Å². The van der Waals surface area contributed by atoms with E-state index in [1.807, 2.05) is 36.4 Å². The van der Waals surface area contributed by atoms with E-state index in [0.29, 0.717) is 5.92 Å².